The van der Waals surface area contributed by atoms with E-state index in [1.165, 1.54) is 11.1 Å². The third-order valence-corrected chi connectivity index (χ3v) is 4.30. The van der Waals surface area contributed by atoms with Gasteiger partial charge in [0.2, 0.25) is 0 Å². The number of rotatable bonds is 3. The summed E-state index contributed by atoms with van der Waals surface area (Å²) in [4.78, 5) is 11.8. The third-order valence-electron chi connectivity index (χ3n) is 4.30. The first-order valence-corrected chi connectivity index (χ1v) is 7.98. The minimum Gasteiger partial charge on any atom is -0.373 e. The summed E-state index contributed by atoms with van der Waals surface area (Å²) in [6.07, 6.45) is 1.06. The number of anilines is 2. The first kappa shape index (κ1) is 14.8. The lowest BCUT2D eigenvalue weighted by Gasteiger charge is -2.36. The van der Waals surface area contributed by atoms with Gasteiger partial charge in [-0.1, -0.05) is 38.1 Å². The highest BCUT2D eigenvalue weighted by Crippen LogP contribution is 2.29. The molecule has 0 radical (unpaired) electrons. The van der Waals surface area contributed by atoms with Gasteiger partial charge in [-0.05, 0) is 24.5 Å². The molecule has 22 heavy (non-hydrogen) atoms. The maximum atomic E-state index is 4.80. The van der Waals surface area contributed by atoms with Crippen LogP contribution in [0, 0.1) is 0 Å². The van der Waals surface area contributed by atoms with Gasteiger partial charge in [0.25, 0.3) is 0 Å². The molecule has 0 spiro atoms. The van der Waals surface area contributed by atoms with Crippen molar-refractivity contribution in [3.63, 3.8) is 0 Å². The molecule has 0 saturated carbocycles. The van der Waals surface area contributed by atoms with Gasteiger partial charge >= 0.3 is 0 Å². The first-order chi connectivity index (χ1) is 10.6. The number of hydrogen-bond donors (Lipinski definition) is 1. The van der Waals surface area contributed by atoms with Crippen LogP contribution in [0.1, 0.15) is 43.6 Å². The standard InChI is InChI=1S/C18H24N4/c1-12(2)18-20-16(19-4)10-17(21-18)22-11-15-8-6-5-7-14(15)9-13(22)3/h5-8,10,12-13H,9,11H2,1-4H3,(H,19,20,21)/t13-/m0/s1. The molecule has 1 aromatic carbocycles. The topological polar surface area (TPSA) is 41.0 Å². The molecule has 2 aromatic rings. The average molecular weight is 296 g/mol. The molecule has 0 aliphatic carbocycles. The highest BCUT2D eigenvalue weighted by molar-refractivity contribution is 5.52. The van der Waals surface area contributed by atoms with Crippen molar-refractivity contribution in [2.75, 3.05) is 17.3 Å². The molecule has 1 atom stereocenters. The fourth-order valence-corrected chi connectivity index (χ4v) is 2.97. The summed E-state index contributed by atoms with van der Waals surface area (Å²) < 4.78 is 0. The Labute approximate surface area is 132 Å². The molecule has 0 amide bonds. The van der Waals surface area contributed by atoms with E-state index in [2.05, 4.69) is 66.3 Å². The summed E-state index contributed by atoms with van der Waals surface area (Å²) in [6.45, 7) is 7.45. The minimum atomic E-state index is 0.319. The Morgan fingerprint density at radius 2 is 1.91 bits per heavy atom. The Bertz CT molecular complexity index is 666. The normalized spacial score (nSPS) is 17.5. The summed E-state index contributed by atoms with van der Waals surface area (Å²) >= 11 is 0. The van der Waals surface area contributed by atoms with Crippen LogP contribution in [0.25, 0.3) is 0 Å². The maximum Gasteiger partial charge on any atom is 0.135 e. The highest BCUT2D eigenvalue weighted by atomic mass is 15.2. The second-order valence-electron chi connectivity index (χ2n) is 6.32. The Morgan fingerprint density at radius 3 is 2.59 bits per heavy atom. The van der Waals surface area contributed by atoms with E-state index in [0.29, 0.717) is 12.0 Å². The van der Waals surface area contributed by atoms with Crippen molar-refractivity contribution in [2.24, 2.45) is 0 Å². The second kappa shape index (κ2) is 5.95. The molecule has 2 heterocycles. The van der Waals surface area contributed by atoms with Crippen molar-refractivity contribution in [1.82, 2.24) is 9.97 Å². The molecule has 0 fully saturated rings. The Kier molecular flexibility index (Phi) is 4.01. The van der Waals surface area contributed by atoms with Crippen LogP contribution in [0.4, 0.5) is 11.6 Å². The van der Waals surface area contributed by atoms with Gasteiger partial charge in [0, 0.05) is 31.6 Å². The number of hydrogen-bond acceptors (Lipinski definition) is 4. The van der Waals surface area contributed by atoms with Gasteiger partial charge in [0.05, 0.1) is 0 Å². The van der Waals surface area contributed by atoms with Crippen molar-refractivity contribution in [1.29, 1.82) is 0 Å². The summed E-state index contributed by atoms with van der Waals surface area (Å²) in [6, 6.07) is 11.2. The van der Waals surface area contributed by atoms with Crippen molar-refractivity contribution in [3.8, 4) is 0 Å². The van der Waals surface area contributed by atoms with Crippen LogP contribution in [0.2, 0.25) is 0 Å². The Balaban J connectivity index is 1.98. The molecule has 1 aliphatic rings. The van der Waals surface area contributed by atoms with E-state index < -0.39 is 0 Å². The fraction of sp³-hybridized carbons (Fsp3) is 0.444. The monoisotopic (exact) mass is 296 g/mol. The molecule has 0 saturated heterocycles. The zero-order valence-corrected chi connectivity index (χ0v) is 13.8. The SMILES string of the molecule is CNc1cc(N2Cc3ccccc3C[C@@H]2C)nc(C(C)C)n1. The van der Waals surface area contributed by atoms with E-state index in [4.69, 9.17) is 4.98 Å². The van der Waals surface area contributed by atoms with Crippen molar-refractivity contribution >= 4 is 11.6 Å². The fourth-order valence-electron chi connectivity index (χ4n) is 2.97. The van der Waals surface area contributed by atoms with Gasteiger partial charge < -0.3 is 10.2 Å². The number of nitrogens with zero attached hydrogens (tertiary/aromatic N) is 3. The number of nitrogens with one attached hydrogen (secondary N) is 1. The largest absolute Gasteiger partial charge is 0.373 e. The molecule has 1 N–H and O–H groups in total. The summed E-state index contributed by atoms with van der Waals surface area (Å²) in [5, 5.41) is 3.16. The molecule has 116 valence electrons. The zero-order chi connectivity index (χ0) is 15.7. The summed E-state index contributed by atoms with van der Waals surface area (Å²) in [7, 11) is 1.91. The van der Waals surface area contributed by atoms with Crippen LogP contribution in [0.3, 0.4) is 0 Å². The van der Waals surface area contributed by atoms with Crippen molar-refractivity contribution in [2.45, 2.75) is 45.7 Å². The maximum absolute atomic E-state index is 4.80. The van der Waals surface area contributed by atoms with Gasteiger partial charge in [0.15, 0.2) is 0 Å². The smallest absolute Gasteiger partial charge is 0.135 e. The molecular weight excluding hydrogens is 272 g/mol. The molecule has 4 nitrogen and oxygen atoms in total. The van der Waals surface area contributed by atoms with E-state index in [1.54, 1.807) is 0 Å². The average Bonchev–Trinajstić information content (AvgIpc) is 2.53. The van der Waals surface area contributed by atoms with Gasteiger partial charge in [-0.15, -0.1) is 0 Å². The second-order valence-corrected chi connectivity index (χ2v) is 6.32. The lowest BCUT2D eigenvalue weighted by Crippen LogP contribution is -2.39. The van der Waals surface area contributed by atoms with Crippen LogP contribution in [-0.2, 0) is 13.0 Å². The lowest BCUT2D eigenvalue weighted by molar-refractivity contribution is 0.583. The minimum absolute atomic E-state index is 0.319. The predicted octanol–water partition coefficient (Wildman–Crippen LogP) is 3.59. The number of fused-ring (bicyclic) bond motifs is 1. The highest BCUT2D eigenvalue weighted by Gasteiger charge is 2.24. The van der Waals surface area contributed by atoms with Gasteiger partial charge in [-0.25, -0.2) is 9.97 Å². The molecule has 0 bridgehead atoms. The number of aromatic nitrogens is 2. The van der Waals surface area contributed by atoms with Crippen LogP contribution in [0.5, 0.6) is 0 Å². The lowest BCUT2D eigenvalue weighted by atomic mass is 9.95. The van der Waals surface area contributed by atoms with E-state index in [9.17, 15) is 0 Å². The molecule has 3 rings (SSSR count). The van der Waals surface area contributed by atoms with Gasteiger partial charge in [-0.2, -0.15) is 0 Å². The molecule has 0 unspecified atom stereocenters. The third kappa shape index (κ3) is 2.78. The van der Waals surface area contributed by atoms with Crippen LogP contribution < -0.4 is 10.2 Å². The quantitative estimate of drug-likeness (QED) is 0.939. The molecule has 1 aliphatic heterocycles. The van der Waals surface area contributed by atoms with Gasteiger partial charge in [0.1, 0.15) is 17.5 Å². The van der Waals surface area contributed by atoms with E-state index in [1.807, 2.05) is 7.05 Å². The first-order valence-electron chi connectivity index (χ1n) is 7.98. The molecule has 1 aromatic heterocycles. The summed E-state index contributed by atoms with van der Waals surface area (Å²) in [5.41, 5.74) is 2.86. The Morgan fingerprint density at radius 1 is 1.18 bits per heavy atom. The van der Waals surface area contributed by atoms with Crippen LogP contribution >= 0.6 is 0 Å². The van der Waals surface area contributed by atoms with E-state index in [-0.39, 0.29) is 0 Å². The van der Waals surface area contributed by atoms with E-state index >= 15 is 0 Å². The Hall–Kier alpha value is -2.10. The van der Waals surface area contributed by atoms with Crippen LogP contribution in [-0.4, -0.2) is 23.1 Å². The van der Waals surface area contributed by atoms with Crippen molar-refractivity contribution < 1.29 is 0 Å². The van der Waals surface area contributed by atoms with E-state index in [0.717, 1.165) is 30.4 Å². The van der Waals surface area contributed by atoms with Crippen molar-refractivity contribution in [3.05, 3.63) is 47.3 Å². The molecular formula is C18H24N4. The summed E-state index contributed by atoms with van der Waals surface area (Å²) in [5.74, 6) is 3.12. The molecule has 4 heteroatoms. The zero-order valence-electron chi connectivity index (χ0n) is 13.8. The predicted molar refractivity (Wildman–Crippen MR) is 91.5 cm³/mol. The van der Waals surface area contributed by atoms with Gasteiger partial charge in [-0.3, -0.25) is 0 Å². The van der Waals surface area contributed by atoms with Crippen LogP contribution in [0.15, 0.2) is 30.3 Å². The number of benzene rings is 1.